The summed E-state index contributed by atoms with van der Waals surface area (Å²) in [6.07, 6.45) is 5.41. The Labute approximate surface area is 132 Å². The first-order chi connectivity index (χ1) is 10.7. The SMILES string of the molecule is O=C(CN1CCCN(C(=O)C2CC2)CC1)NCC1CCCO1. The lowest BCUT2D eigenvalue weighted by Gasteiger charge is -2.22. The summed E-state index contributed by atoms with van der Waals surface area (Å²) in [6, 6.07) is 0. The first-order valence-corrected chi connectivity index (χ1v) is 8.62. The minimum atomic E-state index is 0.0671. The summed E-state index contributed by atoms with van der Waals surface area (Å²) in [5, 5.41) is 2.97. The van der Waals surface area contributed by atoms with E-state index in [1.165, 1.54) is 0 Å². The fourth-order valence-electron chi connectivity index (χ4n) is 3.23. The number of hydrogen-bond acceptors (Lipinski definition) is 4. The van der Waals surface area contributed by atoms with E-state index >= 15 is 0 Å². The third kappa shape index (κ3) is 4.43. The van der Waals surface area contributed by atoms with Crippen LogP contribution in [0.2, 0.25) is 0 Å². The lowest BCUT2D eigenvalue weighted by Crippen LogP contribution is -2.42. The monoisotopic (exact) mass is 309 g/mol. The van der Waals surface area contributed by atoms with Crippen molar-refractivity contribution < 1.29 is 14.3 Å². The lowest BCUT2D eigenvalue weighted by molar-refractivity contribution is -0.132. The Morgan fingerprint density at radius 2 is 1.91 bits per heavy atom. The van der Waals surface area contributed by atoms with Gasteiger partial charge in [-0.15, -0.1) is 0 Å². The average Bonchev–Trinajstić information content (AvgIpc) is 3.28. The summed E-state index contributed by atoms with van der Waals surface area (Å²) in [4.78, 5) is 28.3. The number of nitrogens with one attached hydrogen (secondary N) is 1. The fourth-order valence-corrected chi connectivity index (χ4v) is 3.23. The molecular formula is C16H27N3O3. The van der Waals surface area contributed by atoms with Crippen molar-refractivity contribution in [1.29, 1.82) is 0 Å². The van der Waals surface area contributed by atoms with E-state index in [2.05, 4.69) is 10.2 Å². The zero-order chi connectivity index (χ0) is 15.4. The van der Waals surface area contributed by atoms with E-state index in [9.17, 15) is 9.59 Å². The van der Waals surface area contributed by atoms with Crippen LogP contribution in [0.1, 0.15) is 32.1 Å². The highest BCUT2D eigenvalue weighted by atomic mass is 16.5. The van der Waals surface area contributed by atoms with Gasteiger partial charge in [0.15, 0.2) is 0 Å². The predicted molar refractivity (Wildman–Crippen MR) is 82.3 cm³/mol. The van der Waals surface area contributed by atoms with E-state index in [-0.39, 0.29) is 12.0 Å². The Balaban J connectivity index is 1.37. The summed E-state index contributed by atoms with van der Waals surface area (Å²) in [5.74, 6) is 0.684. The lowest BCUT2D eigenvalue weighted by atomic mass is 10.2. The highest BCUT2D eigenvalue weighted by Crippen LogP contribution is 2.31. The second kappa shape index (κ2) is 7.42. The molecule has 1 unspecified atom stereocenters. The van der Waals surface area contributed by atoms with Crippen molar-refractivity contribution in [2.75, 3.05) is 45.9 Å². The van der Waals surface area contributed by atoms with Crippen LogP contribution in [-0.4, -0.2) is 73.6 Å². The summed E-state index contributed by atoms with van der Waals surface area (Å²) in [7, 11) is 0. The van der Waals surface area contributed by atoms with Crippen molar-refractivity contribution in [2.24, 2.45) is 5.92 Å². The van der Waals surface area contributed by atoms with E-state index in [0.29, 0.717) is 24.9 Å². The highest BCUT2D eigenvalue weighted by molar-refractivity contribution is 5.81. The minimum absolute atomic E-state index is 0.0671. The zero-order valence-electron chi connectivity index (χ0n) is 13.3. The maximum Gasteiger partial charge on any atom is 0.234 e. The van der Waals surface area contributed by atoms with Crippen LogP contribution < -0.4 is 5.32 Å². The normalized spacial score (nSPS) is 26.7. The Hall–Kier alpha value is -1.14. The molecule has 0 bridgehead atoms. The largest absolute Gasteiger partial charge is 0.376 e. The second-order valence-electron chi connectivity index (χ2n) is 6.67. The van der Waals surface area contributed by atoms with E-state index in [0.717, 1.165) is 64.9 Å². The molecule has 3 rings (SSSR count). The van der Waals surface area contributed by atoms with Crippen molar-refractivity contribution in [3.8, 4) is 0 Å². The summed E-state index contributed by atoms with van der Waals surface area (Å²) >= 11 is 0. The Kier molecular flexibility index (Phi) is 5.31. The molecule has 124 valence electrons. The van der Waals surface area contributed by atoms with E-state index in [1.54, 1.807) is 0 Å². The number of hydrogen-bond donors (Lipinski definition) is 1. The van der Waals surface area contributed by atoms with Gasteiger partial charge in [0.2, 0.25) is 11.8 Å². The molecule has 6 heteroatoms. The molecule has 22 heavy (non-hydrogen) atoms. The molecule has 6 nitrogen and oxygen atoms in total. The molecule has 0 radical (unpaired) electrons. The second-order valence-corrected chi connectivity index (χ2v) is 6.67. The smallest absolute Gasteiger partial charge is 0.234 e. The van der Waals surface area contributed by atoms with Crippen molar-refractivity contribution in [1.82, 2.24) is 15.1 Å². The van der Waals surface area contributed by atoms with Gasteiger partial charge in [-0.3, -0.25) is 14.5 Å². The number of nitrogens with zero attached hydrogens (tertiary/aromatic N) is 2. The van der Waals surface area contributed by atoms with Gasteiger partial charge in [0.1, 0.15) is 0 Å². The maximum atomic E-state index is 12.1. The number of carbonyl (C=O) groups excluding carboxylic acids is 2. The number of rotatable bonds is 5. The van der Waals surface area contributed by atoms with Crippen LogP contribution in [0.3, 0.4) is 0 Å². The van der Waals surface area contributed by atoms with Crippen molar-refractivity contribution >= 4 is 11.8 Å². The average molecular weight is 309 g/mol. The summed E-state index contributed by atoms with van der Waals surface area (Å²) in [5.41, 5.74) is 0. The van der Waals surface area contributed by atoms with Crippen LogP contribution in [0, 0.1) is 5.92 Å². The molecule has 2 saturated heterocycles. The molecule has 1 saturated carbocycles. The van der Waals surface area contributed by atoms with Gasteiger partial charge in [0, 0.05) is 45.2 Å². The molecule has 0 aromatic heterocycles. The van der Waals surface area contributed by atoms with Gasteiger partial charge in [-0.1, -0.05) is 0 Å². The van der Waals surface area contributed by atoms with Crippen molar-refractivity contribution in [3.63, 3.8) is 0 Å². The molecule has 0 aromatic rings. The molecule has 2 amide bonds. The molecular weight excluding hydrogens is 282 g/mol. The van der Waals surface area contributed by atoms with E-state index in [1.807, 2.05) is 4.90 Å². The van der Waals surface area contributed by atoms with Crippen LogP contribution in [-0.2, 0) is 14.3 Å². The first-order valence-electron chi connectivity index (χ1n) is 8.62. The van der Waals surface area contributed by atoms with E-state index < -0.39 is 0 Å². The number of ether oxygens (including phenoxy) is 1. The zero-order valence-corrected chi connectivity index (χ0v) is 13.3. The van der Waals surface area contributed by atoms with Crippen LogP contribution in [0.15, 0.2) is 0 Å². The molecule has 1 aliphatic carbocycles. The van der Waals surface area contributed by atoms with E-state index in [4.69, 9.17) is 4.74 Å². The van der Waals surface area contributed by atoms with Crippen LogP contribution in [0.5, 0.6) is 0 Å². The number of carbonyl (C=O) groups is 2. The standard InChI is InChI=1S/C16H27N3O3/c20-15(17-11-14-3-1-10-22-14)12-18-6-2-7-19(9-8-18)16(21)13-4-5-13/h13-14H,1-12H2,(H,17,20). The fraction of sp³-hybridized carbons (Fsp3) is 0.875. The van der Waals surface area contributed by atoms with Gasteiger partial charge in [-0.05, 0) is 32.1 Å². The van der Waals surface area contributed by atoms with Gasteiger partial charge in [0.25, 0.3) is 0 Å². The number of amides is 2. The molecule has 1 N–H and O–H groups in total. The third-order valence-electron chi connectivity index (χ3n) is 4.74. The molecule has 2 aliphatic heterocycles. The van der Waals surface area contributed by atoms with Crippen LogP contribution >= 0.6 is 0 Å². The first kappa shape index (κ1) is 15.7. The van der Waals surface area contributed by atoms with Gasteiger partial charge < -0.3 is 15.0 Å². The molecule has 3 aliphatic rings. The molecule has 2 heterocycles. The molecule has 3 fully saturated rings. The summed E-state index contributed by atoms with van der Waals surface area (Å²) < 4.78 is 5.51. The Morgan fingerprint density at radius 3 is 2.64 bits per heavy atom. The van der Waals surface area contributed by atoms with Gasteiger partial charge in [-0.25, -0.2) is 0 Å². The molecule has 0 aromatic carbocycles. The van der Waals surface area contributed by atoms with Crippen LogP contribution in [0.4, 0.5) is 0 Å². The van der Waals surface area contributed by atoms with Gasteiger partial charge in [0.05, 0.1) is 12.6 Å². The highest BCUT2D eigenvalue weighted by Gasteiger charge is 2.34. The maximum absolute atomic E-state index is 12.1. The third-order valence-corrected chi connectivity index (χ3v) is 4.74. The van der Waals surface area contributed by atoms with Gasteiger partial charge in [-0.2, -0.15) is 0 Å². The van der Waals surface area contributed by atoms with Crippen molar-refractivity contribution in [2.45, 2.75) is 38.2 Å². The molecule has 1 atom stereocenters. The van der Waals surface area contributed by atoms with Gasteiger partial charge >= 0.3 is 0 Å². The topological polar surface area (TPSA) is 61.9 Å². The quantitative estimate of drug-likeness (QED) is 0.789. The van der Waals surface area contributed by atoms with Crippen LogP contribution in [0.25, 0.3) is 0 Å². The Bertz CT molecular complexity index is 405. The molecule has 0 spiro atoms. The minimum Gasteiger partial charge on any atom is -0.376 e. The Morgan fingerprint density at radius 1 is 1.05 bits per heavy atom. The predicted octanol–water partition coefficient (Wildman–Crippen LogP) is 0.226. The summed E-state index contributed by atoms with van der Waals surface area (Å²) in [6.45, 7) is 5.15. The van der Waals surface area contributed by atoms with Crippen molar-refractivity contribution in [3.05, 3.63) is 0 Å².